The molecule has 2 aromatic rings. The summed E-state index contributed by atoms with van der Waals surface area (Å²) in [5.41, 5.74) is 1.94. The smallest absolute Gasteiger partial charge is 0.171 e. The fourth-order valence-electron chi connectivity index (χ4n) is 2.82. The minimum atomic E-state index is -0.265. The summed E-state index contributed by atoms with van der Waals surface area (Å²) in [7, 11) is 0. The van der Waals surface area contributed by atoms with Gasteiger partial charge in [-0.3, -0.25) is 4.90 Å². The van der Waals surface area contributed by atoms with E-state index in [1.165, 1.54) is 17.7 Å². The van der Waals surface area contributed by atoms with Crippen LogP contribution in [0.4, 0.5) is 10.1 Å². The maximum atomic E-state index is 13.0. The molecule has 1 atom stereocenters. The summed E-state index contributed by atoms with van der Waals surface area (Å²) in [5.74, 6) is -0.265. The molecule has 2 N–H and O–H groups in total. The Balaban J connectivity index is 1.65. The van der Waals surface area contributed by atoms with Gasteiger partial charge in [-0.25, -0.2) is 4.39 Å². The molecule has 25 heavy (non-hydrogen) atoms. The molecule has 3 rings (SSSR count). The van der Waals surface area contributed by atoms with Crippen molar-refractivity contribution in [3.63, 3.8) is 0 Å². The number of rotatable bonds is 5. The molecule has 0 aliphatic carbocycles. The third-order valence-corrected chi connectivity index (χ3v) is 4.37. The molecule has 1 aliphatic heterocycles. The number of halogens is 1. The SMILES string of the molecule is Fc1ccc(NC(=S)N[C@H](CN2CCOCC2)c2ccccc2)cc1. The molecule has 0 bridgehead atoms. The average molecular weight is 359 g/mol. The maximum absolute atomic E-state index is 13.0. The zero-order valence-corrected chi connectivity index (χ0v) is 14.8. The highest BCUT2D eigenvalue weighted by molar-refractivity contribution is 7.80. The largest absolute Gasteiger partial charge is 0.379 e. The van der Waals surface area contributed by atoms with Gasteiger partial charge in [0, 0.05) is 25.3 Å². The number of hydrogen-bond acceptors (Lipinski definition) is 3. The molecule has 0 saturated carbocycles. The van der Waals surface area contributed by atoms with E-state index in [1.54, 1.807) is 12.1 Å². The lowest BCUT2D eigenvalue weighted by molar-refractivity contribution is 0.0344. The van der Waals surface area contributed by atoms with Gasteiger partial charge in [-0.15, -0.1) is 0 Å². The van der Waals surface area contributed by atoms with Crippen molar-refractivity contribution >= 4 is 23.0 Å². The molecule has 4 nitrogen and oxygen atoms in total. The molecule has 0 spiro atoms. The molecule has 0 unspecified atom stereocenters. The van der Waals surface area contributed by atoms with Gasteiger partial charge >= 0.3 is 0 Å². The first-order valence-electron chi connectivity index (χ1n) is 8.39. The Morgan fingerprint density at radius 3 is 2.44 bits per heavy atom. The lowest BCUT2D eigenvalue weighted by Gasteiger charge is -2.31. The third-order valence-electron chi connectivity index (χ3n) is 4.15. The van der Waals surface area contributed by atoms with Gasteiger partial charge in [0.1, 0.15) is 5.82 Å². The van der Waals surface area contributed by atoms with Gasteiger partial charge < -0.3 is 15.4 Å². The van der Waals surface area contributed by atoms with E-state index in [-0.39, 0.29) is 11.9 Å². The number of ether oxygens (including phenoxy) is 1. The molecule has 0 amide bonds. The Morgan fingerprint density at radius 2 is 1.76 bits per heavy atom. The average Bonchev–Trinajstić information content (AvgIpc) is 2.65. The van der Waals surface area contributed by atoms with Gasteiger partial charge in [-0.05, 0) is 42.0 Å². The molecule has 0 radical (unpaired) electrons. The zero-order valence-electron chi connectivity index (χ0n) is 14.0. The van der Waals surface area contributed by atoms with E-state index in [0.29, 0.717) is 5.11 Å². The summed E-state index contributed by atoms with van der Waals surface area (Å²) < 4.78 is 18.4. The Kier molecular flexibility index (Phi) is 6.33. The molecule has 132 valence electrons. The summed E-state index contributed by atoms with van der Waals surface area (Å²) >= 11 is 5.45. The minimum Gasteiger partial charge on any atom is -0.379 e. The Morgan fingerprint density at radius 1 is 1.08 bits per heavy atom. The van der Waals surface area contributed by atoms with Crippen molar-refractivity contribution in [2.24, 2.45) is 0 Å². The monoisotopic (exact) mass is 359 g/mol. The fraction of sp³-hybridized carbons (Fsp3) is 0.316. The van der Waals surface area contributed by atoms with E-state index in [4.69, 9.17) is 17.0 Å². The summed E-state index contributed by atoms with van der Waals surface area (Å²) in [6.07, 6.45) is 0. The van der Waals surface area contributed by atoms with Crippen molar-refractivity contribution in [1.82, 2.24) is 10.2 Å². The topological polar surface area (TPSA) is 36.5 Å². The van der Waals surface area contributed by atoms with Gasteiger partial charge in [0.2, 0.25) is 0 Å². The summed E-state index contributed by atoms with van der Waals surface area (Å²) in [5, 5.41) is 7.03. The van der Waals surface area contributed by atoms with Crippen molar-refractivity contribution in [1.29, 1.82) is 0 Å². The first-order valence-corrected chi connectivity index (χ1v) is 8.80. The summed E-state index contributed by atoms with van der Waals surface area (Å²) in [4.78, 5) is 2.37. The Bertz CT molecular complexity index is 675. The summed E-state index contributed by atoms with van der Waals surface area (Å²) in [6, 6.07) is 16.5. The third kappa shape index (κ3) is 5.49. The van der Waals surface area contributed by atoms with Crippen LogP contribution in [0.1, 0.15) is 11.6 Å². The number of thiocarbonyl (C=S) groups is 1. The zero-order chi connectivity index (χ0) is 17.5. The van der Waals surface area contributed by atoms with Crippen LogP contribution in [0.5, 0.6) is 0 Å². The van der Waals surface area contributed by atoms with Crippen LogP contribution in [0.2, 0.25) is 0 Å². The maximum Gasteiger partial charge on any atom is 0.171 e. The van der Waals surface area contributed by atoms with E-state index < -0.39 is 0 Å². The predicted octanol–water partition coefficient (Wildman–Crippen LogP) is 3.19. The van der Waals surface area contributed by atoms with Crippen LogP contribution in [-0.4, -0.2) is 42.9 Å². The van der Waals surface area contributed by atoms with Crippen LogP contribution >= 0.6 is 12.2 Å². The highest BCUT2D eigenvalue weighted by Gasteiger charge is 2.19. The second kappa shape index (κ2) is 8.89. The second-order valence-corrected chi connectivity index (χ2v) is 6.39. The van der Waals surface area contributed by atoms with Gasteiger partial charge in [0.05, 0.1) is 19.3 Å². The Hall–Kier alpha value is -2.02. The van der Waals surface area contributed by atoms with Crippen molar-refractivity contribution in [3.8, 4) is 0 Å². The highest BCUT2D eigenvalue weighted by atomic mass is 32.1. The van der Waals surface area contributed by atoms with E-state index >= 15 is 0 Å². The number of hydrogen-bond donors (Lipinski definition) is 2. The van der Waals surface area contributed by atoms with E-state index in [9.17, 15) is 4.39 Å². The van der Waals surface area contributed by atoms with Crippen molar-refractivity contribution < 1.29 is 9.13 Å². The summed E-state index contributed by atoms with van der Waals surface area (Å²) in [6.45, 7) is 4.21. The number of anilines is 1. The normalized spacial score (nSPS) is 16.2. The lowest BCUT2D eigenvalue weighted by Crippen LogP contribution is -2.44. The van der Waals surface area contributed by atoms with Gasteiger partial charge in [0.25, 0.3) is 0 Å². The van der Waals surface area contributed by atoms with Crippen molar-refractivity contribution in [2.45, 2.75) is 6.04 Å². The first kappa shape index (κ1) is 17.8. The molecule has 1 saturated heterocycles. The fourth-order valence-corrected chi connectivity index (χ4v) is 3.08. The van der Waals surface area contributed by atoms with E-state index in [0.717, 1.165) is 38.5 Å². The molecule has 0 aromatic heterocycles. The second-order valence-electron chi connectivity index (χ2n) is 5.98. The Labute approximate surface area is 153 Å². The van der Waals surface area contributed by atoms with Crippen LogP contribution < -0.4 is 10.6 Å². The van der Waals surface area contributed by atoms with E-state index in [2.05, 4.69) is 27.7 Å². The van der Waals surface area contributed by atoms with Gasteiger partial charge in [-0.2, -0.15) is 0 Å². The van der Waals surface area contributed by atoms with E-state index in [1.807, 2.05) is 18.2 Å². The standard InChI is InChI=1S/C19H22FN3OS/c20-16-6-8-17(9-7-16)21-19(25)22-18(15-4-2-1-3-5-15)14-23-10-12-24-13-11-23/h1-9,18H,10-14H2,(H2,21,22,25)/t18-/m1/s1. The number of morpholine rings is 1. The van der Waals surface area contributed by atoms with Crippen LogP contribution in [0.3, 0.4) is 0 Å². The quantitative estimate of drug-likeness (QED) is 0.802. The molecule has 6 heteroatoms. The van der Waals surface area contributed by atoms with Crippen LogP contribution in [-0.2, 0) is 4.74 Å². The molecule has 1 heterocycles. The molecular weight excluding hydrogens is 337 g/mol. The van der Waals surface area contributed by atoms with Crippen molar-refractivity contribution in [2.75, 3.05) is 38.2 Å². The lowest BCUT2D eigenvalue weighted by atomic mass is 10.1. The minimum absolute atomic E-state index is 0.0692. The number of benzene rings is 2. The molecule has 2 aromatic carbocycles. The first-order chi connectivity index (χ1) is 12.2. The van der Waals surface area contributed by atoms with Gasteiger partial charge in [-0.1, -0.05) is 30.3 Å². The highest BCUT2D eigenvalue weighted by Crippen LogP contribution is 2.16. The predicted molar refractivity (Wildman–Crippen MR) is 102 cm³/mol. The van der Waals surface area contributed by atoms with Crippen LogP contribution in [0.25, 0.3) is 0 Å². The molecule has 1 fully saturated rings. The number of nitrogens with one attached hydrogen (secondary N) is 2. The number of nitrogens with zero attached hydrogens (tertiary/aromatic N) is 1. The molecular formula is C19H22FN3OS. The van der Waals surface area contributed by atoms with Gasteiger partial charge in [0.15, 0.2) is 5.11 Å². The van der Waals surface area contributed by atoms with Crippen LogP contribution in [0, 0.1) is 5.82 Å². The van der Waals surface area contributed by atoms with Crippen molar-refractivity contribution in [3.05, 3.63) is 66.0 Å². The molecule has 1 aliphatic rings. The van der Waals surface area contributed by atoms with Crippen LogP contribution in [0.15, 0.2) is 54.6 Å².